The second-order valence-corrected chi connectivity index (χ2v) is 5.52. The molecule has 0 aliphatic carbocycles. The molecule has 0 unspecified atom stereocenters. The van der Waals surface area contributed by atoms with Crippen LogP contribution in [0, 0.1) is 10.1 Å². The molecule has 0 saturated carbocycles. The van der Waals surface area contributed by atoms with Crippen molar-refractivity contribution in [3.8, 4) is 5.75 Å². The summed E-state index contributed by atoms with van der Waals surface area (Å²) in [7, 11) is 1.59. The molecule has 0 saturated heterocycles. The van der Waals surface area contributed by atoms with Gasteiger partial charge in [-0.05, 0) is 39.8 Å². The first-order valence-corrected chi connectivity index (χ1v) is 6.48. The number of ether oxygens (including phenoxy) is 2. The fraction of sp³-hybridized carbons (Fsp3) is 0.571. The highest BCUT2D eigenvalue weighted by Crippen LogP contribution is 2.36. The number of nitro benzene ring substituents is 1. The van der Waals surface area contributed by atoms with Gasteiger partial charge in [0.25, 0.3) is 0 Å². The molecule has 0 radical (unpaired) electrons. The number of nitrogens with zero attached hydrogens (tertiary/aromatic N) is 1. The number of methoxy groups -OCH3 is 1. The van der Waals surface area contributed by atoms with E-state index in [-0.39, 0.29) is 17.5 Å². The zero-order chi connectivity index (χ0) is 15.3. The van der Waals surface area contributed by atoms with E-state index in [1.807, 2.05) is 27.7 Å². The molecule has 112 valence electrons. The van der Waals surface area contributed by atoms with Crippen molar-refractivity contribution in [2.75, 3.05) is 19.0 Å². The van der Waals surface area contributed by atoms with E-state index in [9.17, 15) is 10.1 Å². The summed E-state index contributed by atoms with van der Waals surface area (Å²) in [5.74, 6) is 0.267. The molecule has 0 heterocycles. The molecule has 0 aromatic heterocycles. The Morgan fingerprint density at radius 2 is 2.05 bits per heavy atom. The van der Waals surface area contributed by atoms with E-state index in [4.69, 9.17) is 9.47 Å². The van der Waals surface area contributed by atoms with Gasteiger partial charge in [0.05, 0.1) is 23.2 Å². The molecule has 1 rings (SSSR count). The lowest BCUT2D eigenvalue weighted by Crippen LogP contribution is -2.36. The molecule has 0 aliphatic rings. The summed E-state index contributed by atoms with van der Waals surface area (Å²) in [5.41, 5.74) is -0.0451. The summed E-state index contributed by atoms with van der Waals surface area (Å²) < 4.78 is 10.6. The molecule has 0 atom stereocenters. The van der Waals surface area contributed by atoms with Gasteiger partial charge in [0.1, 0.15) is 5.69 Å². The maximum atomic E-state index is 11.3. The zero-order valence-corrected chi connectivity index (χ0v) is 12.6. The van der Waals surface area contributed by atoms with E-state index in [0.29, 0.717) is 12.3 Å². The van der Waals surface area contributed by atoms with Crippen LogP contribution in [0.2, 0.25) is 0 Å². The first kappa shape index (κ1) is 16.2. The van der Waals surface area contributed by atoms with E-state index >= 15 is 0 Å². The molecule has 1 aromatic carbocycles. The summed E-state index contributed by atoms with van der Waals surface area (Å²) in [6, 6.07) is 5.01. The van der Waals surface area contributed by atoms with Gasteiger partial charge in [-0.3, -0.25) is 10.1 Å². The summed E-state index contributed by atoms with van der Waals surface area (Å²) in [6.07, 6.45) is -0.129. The summed E-state index contributed by atoms with van der Waals surface area (Å²) >= 11 is 0. The Morgan fingerprint density at radius 1 is 1.40 bits per heavy atom. The monoisotopic (exact) mass is 282 g/mol. The molecule has 1 aromatic rings. The molecule has 0 fully saturated rings. The van der Waals surface area contributed by atoms with Crippen LogP contribution in [0.3, 0.4) is 0 Å². The third-order valence-electron chi connectivity index (χ3n) is 2.52. The van der Waals surface area contributed by atoms with Crippen LogP contribution < -0.4 is 10.1 Å². The van der Waals surface area contributed by atoms with Crippen LogP contribution in [-0.2, 0) is 4.74 Å². The van der Waals surface area contributed by atoms with Gasteiger partial charge < -0.3 is 14.8 Å². The quantitative estimate of drug-likeness (QED) is 0.614. The molecule has 20 heavy (non-hydrogen) atoms. The Balaban J connectivity index is 3.16. The van der Waals surface area contributed by atoms with Gasteiger partial charge in [0.2, 0.25) is 0 Å². The average Bonchev–Trinajstić information content (AvgIpc) is 2.26. The lowest BCUT2D eigenvalue weighted by atomic mass is 10.1. The molecule has 1 N–H and O–H groups in total. The molecule has 0 spiro atoms. The van der Waals surface area contributed by atoms with E-state index in [2.05, 4.69) is 5.32 Å². The second kappa shape index (κ2) is 6.56. The standard InChI is InChI=1S/C14H22N2O4/c1-10(2)20-12-8-6-7-11(13(12)16(17)18)15-14(3,4)9-19-5/h6-8,10,15H,9H2,1-5H3. The molecule has 6 nitrogen and oxygen atoms in total. The van der Waals surface area contributed by atoms with Crippen LogP contribution in [0.5, 0.6) is 5.75 Å². The van der Waals surface area contributed by atoms with E-state index in [1.165, 1.54) is 0 Å². The maximum Gasteiger partial charge on any atom is 0.333 e. The number of nitro groups is 1. The van der Waals surface area contributed by atoms with Crippen molar-refractivity contribution < 1.29 is 14.4 Å². The van der Waals surface area contributed by atoms with Crippen molar-refractivity contribution in [3.63, 3.8) is 0 Å². The van der Waals surface area contributed by atoms with Crippen molar-refractivity contribution in [2.24, 2.45) is 0 Å². The lowest BCUT2D eigenvalue weighted by molar-refractivity contribution is -0.385. The van der Waals surface area contributed by atoms with E-state index < -0.39 is 10.5 Å². The van der Waals surface area contributed by atoms with Crippen LogP contribution in [0.1, 0.15) is 27.7 Å². The molecule has 0 amide bonds. The summed E-state index contributed by atoms with van der Waals surface area (Å²) in [5, 5.41) is 14.5. The highest BCUT2D eigenvalue weighted by atomic mass is 16.6. The topological polar surface area (TPSA) is 73.6 Å². The summed E-state index contributed by atoms with van der Waals surface area (Å²) in [6.45, 7) is 7.92. The number of hydrogen-bond acceptors (Lipinski definition) is 5. The number of benzene rings is 1. The Morgan fingerprint density at radius 3 is 2.55 bits per heavy atom. The smallest absolute Gasteiger partial charge is 0.333 e. The minimum atomic E-state index is -0.428. The van der Waals surface area contributed by atoms with Crippen molar-refractivity contribution in [1.82, 2.24) is 0 Å². The van der Waals surface area contributed by atoms with Gasteiger partial charge in [-0.25, -0.2) is 0 Å². The first-order valence-electron chi connectivity index (χ1n) is 6.48. The molecule has 0 bridgehead atoms. The Bertz CT molecular complexity index is 472. The average molecular weight is 282 g/mol. The zero-order valence-electron chi connectivity index (χ0n) is 12.6. The van der Waals surface area contributed by atoms with Crippen molar-refractivity contribution in [2.45, 2.75) is 39.3 Å². The Hall–Kier alpha value is -1.82. The van der Waals surface area contributed by atoms with Crippen molar-refractivity contribution >= 4 is 11.4 Å². The predicted octanol–water partition coefficient (Wildman–Crippen LogP) is 3.22. The Kier molecular flexibility index (Phi) is 5.33. The molecule has 6 heteroatoms. The fourth-order valence-corrected chi connectivity index (χ4v) is 1.92. The fourth-order valence-electron chi connectivity index (χ4n) is 1.92. The summed E-state index contributed by atoms with van der Waals surface area (Å²) in [4.78, 5) is 10.9. The van der Waals surface area contributed by atoms with Crippen LogP contribution in [0.4, 0.5) is 11.4 Å². The number of nitrogens with one attached hydrogen (secondary N) is 1. The largest absolute Gasteiger partial charge is 0.484 e. The van der Waals surface area contributed by atoms with Gasteiger partial charge in [-0.15, -0.1) is 0 Å². The van der Waals surface area contributed by atoms with Crippen LogP contribution in [-0.4, -0.2) is 30.3 Å². The van der Waals surface area contributed by atoms with E-state index in [1.54, 1.807) is 25.3 Å². The Labute approximate surface area is 119 Å². The minimum absolute atomic E-state index is 0.0506. The highest BCUT2D eigenvalue weighted by Gasteiger charge is 2.26. The second-order valence-electron chi connectivity index (χ2n) is 5.52. The molecule has 0 aliphatic heterocycles. The number of anilines is 1. The number of rotatable bonds is 7. The van der Waals surface area contributed by atoms with Crippen LogP contribution in [0.15, 0.2) is 18.2 Å². The normalized spacial score (nSPS) is 11.5. The highest BCUT2D eigenvalue weighted by molar-refractivity contribution is 5.69. The SMILES string of the molecule is COCC(C)(C)Nc1cccc(OC(C)C)c1[N+](=O)[O-]. The third kappa shape index (κ3) is 4.38. The first-order chi connectivity index (χ1) is 9.26. The van der Waals surface area contributed by atoms with Gasteiger partial charge in [0.15, 0.2) is 5.75 Å². The third-order valence-corrected chi connectivity index (χ3v) is 2.52. The van der Waals surface area contributed by atoms with Crippen LogP contribution in [0.25, 0.3) is 0 Å². The van der Waals surface area contributed by atoms with Crippen molar-refractivity contribution in [1.29, 1.82) is 0 Å². The number of hydrogen-bond donors (Lipinski definition) is 1. The minimum Gasteiger partial charge on any atom is -0.484 e. The van der Waals surface area contributed by atoms with Gasteiger partial charge in [-0.2, -0.15) is 0 Å². The number of para-hydroxylation sites is 1. The molecular weight excluding hydrogens is 260 g/mol. The maximum absolute atomic E-state index is 11.3. The predicted molar refractivity (Wildman–Crippen MR) is 78.4 cm³/mol. The molecular formula is C14H22N2O4. The van der Waals surface area contributed by atoms with Crippen LogP contribution >= 0.6 is 0 Å². The lowest BCUT2D eigenvalue weighted by Gasteiger charge is -2.26. The van der Waals surface area contributed by atoms with E-state index in [0.717, 1.165) is 0 Å². The van der Waals surface area contributed by atoms with Crippen molar-refractivity contribution in [3.05, 3.63) is 28.3 Å². The van der Waals surface area contributed by atoms with Gasteiger partial charge in [0, 0.05) is 7.11 Å². The van der Waals surface area contributed by atoms with Gasteiger partial charge >= 0.3 is 5.69 Å². The van der Waals surface area contributed by atoms with Gasteiger partial charge in [-0.1, -0.05) is 6.07 Å².